The van der Waals surface area contributed by atoms with Crippen LogP contribution in [0.2, 0.25) is 0 Å². The van der Waals surface area contributed by atoms with Crippen LogP contribution in [0.25, 0.3) is 0 Å². The lowest BCUT2D eigenvalue weighted by atomic mass is 10.1. The molecule has 2 heteroatoms. The topological polar surface area (TPSA) is 32.3 Å². The maximum atomic E-state index is 8.89. The number of nitrogens with one attached hydrogen (secondary N) is 1. The lowest BCUT2D eigenvalue weighted by molar-refractivity contribution is 0.282. The fraction of sp³-hybridized carbons (Fsp3) is 0.385. The van der Waals surface area contributed by atoms with E-state index in [1.54, 1.807) is 0 Å². The summed E-state index contributed by atoms with van der Waals surface area (Å²) in [6, 6.07) is 8.45. The van der Waals surface area contributed by atoms with Crippen molar-refractivity contribution in [2.45, 2.75) is 32.5 Å². The molecule has 1 aromatic rings. The number of aliphatic hydroxyl groups is 1. The van der Waals surface area contributed by atoms with E-state index in [-0.39, 0.29) is 6.61 Å². The molecule has 0 spiro atoms. The highest BCUT2D eigenvalue weighted by Gasteiger charge is 1.98. The molecule has 0 aliphatic rings. The zero-order chi connectivity index (χ0) is 11.1. The summed E-state index contributed by atoms with van der Waals surface area (Å²) < 4.78 is 0. The summed E-state index contributed by atoms with van der Waals surface area (Å²) in [5.41, 5.74) is 2.20. The molecule has 0 aromatic heterocycles. The van der Waals surface area contributed by atoms with Crippen LogP contribution < -0.4 is 5.32 Å². The van der Waals surface area contributed by atoms with Gasteiger partial charge >= 0.3 is 0 Å². The molecular formula is C13H19NO. The van der Waals surface area contributed by atoms with Gasteiger partial charge in [0.25, 0.3) is 0 Å². The van der Waals surface area contributed by atoms with Gasteiger partial charge in [0.05, 0.1) is 6.61 Å². The van der Waals surface area contributed by atoms with Crippen LogP contribution in [-0.2, 0) is 13.2 Å². The molecule has 1 aromatic carbocycles. The summed E-state index contributed by atoms with van der Waals surface area (Å²) >= 11 is 0. The molecule has 0 bridgehead atoms. The van der Waals surface area contributed by atoms with Gasteiger partial charge in [0.1, 0.15) is 0 Å². The van der Waals surface area contributed by atoms with Crippen molar-refractivity contribution in [3.8, 4) is 0 Å². The van der Waals surface area contributed by atoms with Gasteiger partial charge < -0.3 is 10.4 Å². The summed E-state index contributed by atoms with van der Waals surface area (Å²) in [6.07, 6.45) is 2.90. The SMILES string of the molecule is C=CCC(C)NCc1ccc(CO)cc1. The smallest absolute Gasteiger partial charge is 0.0681 e. The summed E-state index contributed by atoms with van der Waals surface area (Å²) in [5.74, 6) is 0. The monoisotopic (exact) mass is 205 g/mol. The minimum absolute atomic E-state index is 0.112. The predicted octanol–water partition coefficient (Wildman–Crippen LogP) is 2.23. The maximum absolute atomic E-state index is 8.89. The first-order chi connectivity index (χ1) is 7.26. The molecule has 0 heterocycles. The highest BCUT2D eigenvalue weighted by Crippen LogP contribution is 2.04. The average Bonchev–Trinajstić information content (AvgIpc) is 2.27. The summed E-state index contributed by atoms with van der Waals surface area (Å²) in [4.78, 5) is 0. The lowest BCUT2D eigenvalue weighted by Gasteiger charge is -2.11. The van der Waals surface area contributed by atoms with E-state index in [1.807, 2.05) is 30.3 Å². The van der Waals surface area contributed by atoms with Crippen molar-refractivity contribution >= 4 is 0 Å². The first kappa shape index (κ1) is 12.0. The number of hydrogen-bond acceptors (Lipinski definition) is 2. The van der Waals surface area contributed by atoms with E-state index < -0.39 is 0 Å². The molecule has 2 N–H and O–H groups in total. The van der Waals surface area contributed by atoms with Crippen molar-refractivity contribution in [3.05, 3.63) is 48.0 Å². The van der Waals surface area contributed by atoms with E-state index in [1.165, 1.54) is 5.56 Å². The van der Waals surface area contributed by atoms with Crippen molar-refractivity contribution < 1.29 is 5.11 Å². The molecule has 82 valence electrons. The predicted molar refractivity (Wildman–Crippen MR) is 63.5 cm³/mol. The van der Waals surface area contributed by atoms with Crippen LogP contribution >= 0.6 is 0 Å². The van der Waals surface area contributed by atoms with Crippen LogP contribution in [0.15, 0.2) is 36.9 Å². The zero-order valence-electron chi connectivity index (χ0n) is 9.24. The van der Waals surface area contributed by atoms with Crippen LogP contribution in [0.4, 0.5) is 0 Å². The molecule has 1 unspecified atom stereocenters. The molecule has 1 atom stereocenters. The highest BCUT2D eigenvalue weighted by atomic mass is 16.3. The Balaban J connectivity index is 2.40. The minimum Gasteiger partial charge on any atom is -0.392 e. The summed E-state index contributed by atoms with van der Waals surface area (Å²) in [6.45, 7) is 6.83. The Labute approximate surface area is 91.6 Å². The number of aliphatic hydroxyl groups excluding tert-OH is 1. The number of benzene rings is 1. The van der Waals surface area contributed by atoms with Crippen LogP contribution in [-0.4, -0.2) is 11.1 Å². The standard InChI is InChI=1S/C13H19NO/c1-3-4-11(2)14-9-12-5-7-13(10-15)8-6-12/h3,5-8,11,14-15H,1,4,9-10H2,2H3. The Morgan fingerprint density at radius 2 is 1.93 bits per heavy atom. The quantitative estimate of drug-likeness (QED) is 0.698. The Kier molecular flexibility index (Phi) is 5.08. The second-order valence-corrected chi connectivity index (χ2v) is 3.78. The van der Waals surface area contributed by atoms with Crippen LogP contribution in [0.1, 0.15) is 24.5 Å². The normalized spacial score (nSPS) is 12.4. The van der Waals surface area contributed by atoms with Crippen molar-refractivity contribution in [2.24, 2.45) is 0 Å². The van der Waals surface area contributed by atoms with Gasteiger partial charge in [-0.15, -0.1) is 6.58 Å². The Morgan fingerprint density at radius 1 is 1.33 bits per heavy atom. The van der Waals surface area contributed by atoms with Gasteiger partial charge in [0.2, 0.25) is 0 Å². The summed E-state index contributed by atoms with van der Waals surface area (Å²) in [7, 11) is 0. The van der Waals surface area contributed by atoms with Crippen molar-refractivity contribution in [1.82, 2.24) is 5.32 Å². The highest BCUT2D eigenvalue weighted by molar-refractivity contribution is 5.21. The van der Waals surface area contributed by atoms with E-state index in [2.05, 4.69) is 18.8 Å². The van der Waals surface area contributed by atoms with E-state index in [0.29, 0.717) is 6.04 Å². The van der Waals surface area contributed by atoms with Gasteiger partial charge in [-0.2, -0.15) is 0 Å². The number of rotatable bonds is 6. The molecule has 15 heavy (non-hydrogen) atoms. The van der Waals surface area contributed by atoms with Crippen molar-refractivity contribution in [3.63, 3.8) is 0 Å². The zero-order valence-corrected chi connectivity index (χ0v) is 9.24. The minimum atomic E-state index is 0.112. The fourth-order valence-corrected chi connectivity index (χ4v) is 1.39. The van der Waals surface area contributed by atoms with Gasteiger partial charge in [-0.3, -0.25) is 0 Å². The second kappa shape index (κ2) is 6.38. The molecule has 0 radical (unpaired) electrons. The molecule has 2 nitrogen and oxygen atoms in total. The average molecular weight is 205 g/mol. The third-order valence-electron chi connectivity index (χ3n) is 2.38. The molecule has 0 saturated carbocycles. The third kappa shape index (κ3) is 4.28. The van der Waals surface area contributed by atoms with Gasteiger partial charge in [-0.05, 0) is 24.5 Å². The third-order valence-corrected chi connectivity index (χ3v) is 2.38. The van der Waals surface area contributed by atoms with Gasteiger partial charge in [-0.1, -0.05) is 30.3 Å². The Bertz CT molecular complexity index is 292. The second-order valence-electron chi connectivity index (χ2n) is 3.78. The van der Waals surface area contributed by atoms with E-state index >= 15 is 0 Å². The van der Waals surface area contributed by atoms with E-state index in [9.17, 15) is 0 Å². The lowest BCUT2D eigenvalue weighted by Crippen LogP contribution is -2.24. The van der Waals surface area contributed by atoms with Crippen LogP contribution in [0, 0.1) is 0 Å². The van der Waals surface area contributed by atoms with E-state index in [0.717, 1.165) is 18.5 Å². The van der Waals surface area contributed by atoms with Gasteiger partial charge in [0.15, 0.2) is 0 Å². The van der Waals surface area contributed by atoms with Crippen LogP contribution in [0.5, 0.6) is 0 Å². The molecule has 0 aliphatic carbocycles. The number of hydrogen-bond donors (Lipinski definition) is 2. The molecule has 0 fully saturated rings. The van der Waals surface area contributed by atoms with E-state index in [4.69, 9.17) is 5.11 Å². The van der Waals surface area contributed by atoms with Crippen molar-refractivity contribution in [1.29, 1.82) is 0 Å². The molecular weight excluding hydrogens is 186 g/mol. The molecule has 0 saturated heterocycles. The van der Waals surface area contributed by atoms with Crippen LogP contribution in [0.3, 0.4) is 0 Å². The van der Waals surface area contributed by atoms with Gasteiger partial charge in [-0.25, -0.2) is 0 Å². The largest absolute Gasteiger partial charge is 0.392 e. The Morgan fingerprint density at radius 3 is 2.47 bits per heavy atom. The Hall–Kier alpha value is -1.12. The van der Waals surface area contributed by atoms with Gasteiger partial charge in [0, 0.05) is 12.6 Å². The first-order valence-corrected chi connectivity index (χ1v) is 5.29. The molecule has 0 amide bonds. The molecule has 1 rings (SSSR count). The maximum Gasteiger partial charge on any atom is 0.0681 e. The summed E-state index contributed by atoms with van der Waals surface area (Å²) in [5, 5.41) is 12.3. The fourth-order valence-electron chi connectivity index (χ4n) is 1.39. The first-order valence-electron chi connectivity index (χ1n) is 5.29. The van der Waals surface area contributed by atoms with Crippen molar-refractivity contribution in [2.75, 3.05) is 0 Å². The molecule has 0 aliphatic heterocycles.